The molecule has 0 saturated heterocycles. The summed E-state index contributed by atoms with van der Waals surface area (Å²) in [6, 6.07) is 8.19. The van der Waals surface area contributed by atoms with Crippen molar-refractivity contribution >= 4 is 11.3 Å². The summed E-state index contributed by atoms with van der Waals surface area (Å²) in [6.07, 6.45) is 1.22. The predicted molar refractivity (Wildman–Crippen MR) is 72.8 cm³/mol. The Bertz CT molecular complexity index is 584. The van der Waals surface area contributed by atoms with Crippen molar-refractivity contribution in [2.24, 2.45) is 0 Å². The van der Waals surface area contributed by atoms with Crippen LogP contribution in [0.2, 0.25) is 0 Å². The van der Waals surface area contributed by atoms with E-state index in [0.717, 1.165) is 22.0 Å². The molecule has 0 N–H and O–H groups in total. The Hall–Kier alpha value is -1.86. The zero-order valence-electron chi connectivity index (χ0n) is 10.4. The van der Waals surface area contributed by atoms with Gasteiger partial charge in [0.05, 0.1) is 24.4 Å². The van der Waals surface area contributed by atoms with Crippen molar-refractivity contribution in [3.05, 3.63) is 34.8 Å². The van der Waals surface area contributed by atoms with Crippen LogP contribution in [0.1, 0.15) is 17.7 Å². The van der Waals surface area contributed by atoms with Crippen molar-refractivity contribution in [3.8, 4) is 22.4 Å². The van der Waals surface area contributed by atoms with E-state index >= 15 is 0 Å². The normalized spacial score (nSPS) is 10.1. The van der Waals surface area contributed by atoms with Crippen LogP contribution in [0.15, 0.2) is 23.6 Å². The Balaban J connectivity index is 2.33. The molecule has 0 amide bonds. The predicted octanol–water partition coefficient (Wildman–Crippen LogP) is 3.58. The molecule has 0 atom stereocenters. The molecule has 0 radical (unpaired) electrons. The van der Waals surface area contributed by atoms with Gasteiger partial charge in [-0.25, -0.2) is 4.98 Å². The molecule has 4 heteroatoms. The molecule has 1 heterocycles. The average molecular weight is 258 g/mol. The molecule has 92 valence electrons. The Morgan fingerprint density at radius 3 is 3.00 bits per heavy atom. The van der Waals surface area contributed by atoms with Crippen LogP contribution < -0.4 is 4.74 Å². The van der Waals surface area contributed by atoms with Crippen molar-refractivity contribution in [1.29, 1.82) is 5.26 Å². The smallest absolute Gasteiger partial charge is 0.129 e. The summed E-state index contributed by atoms with van der Waals surface area (Å²) >= 11 is 1.59. The fourth-order valence-corrected chi connectivity index (χ4v) is 2.59. The Morgan fingerprint density at radius 1 is 1.44 bits per heavy atom. The Kier molecular flexibility index (Phi) is 3.96. The molecule has 0 aliphatic carbocycles. The maximum absolute atomic E-state index is 8.58. The molecule has 1 aromatic carbocycles. The van der Waals surface area contributed by atoms with E-state index in [2.05, 4.69) is 17.1 Å². The van der Waals surface area contributed by atoms with Gasteiger partial charge >= 0.3 is 0 Å². The molecular formula is C14H14N2OS. The summed E-state index contributed by atoms with van der Waals surface area (Å²) in [5.74, 6) is 0.835. The third-order valence-corrected chi connectivity index (χ3v) is 3.55. The van der Waals surface area contributed by atoms with Crippen LogP contribution in [0, 0.1) is 18.3 Å². The molecular weight excluding hydrogens is 244 g/mol. The lowest BCUT2D eigenvalue weighted by Gasteiger charge is -2.06. The van der Waals surface area contributed by atoms with E-state index in [4.69, 9.17) is 10.00 Å². The largest absolute Gasteiger partial charge is 0.496 e. The highest BCUT2D eigenvalue weighted by Gasteiger charge is 2.10. The van der Waals surface area contributed by atoms with Crippen LogP contribution in [0.4, 0.5) is 0 Å². The minimum atomic E-state index is 0.508. The van der Waals surface area contributed by atoms with E-state index < -0.39 is 0 Å². The second-order valence-electron chi connectivity index (χ2n) is 4.01. The molecule has 2 aromatic rings. The first-order chi connectivity index (χ1) is 8.74. The minimum Gasteiger partial charge on any atom is -0.496 e. The topological polar surface area (TPSA) is 45.9 Å². The summed E-state index contributed by atoms with van der Waals surface area (Å²) in [5, 5.41) is 11.5. The number of thiazole rings is 1. The zero-order valence-corrected chi connectivity index (χ0v) is 11.3. The van der Waals surface area contributed by atoms with Crippen LogP contribution in [-0.2, 0) is 6.42 Å². The summed E-state index contributed by atoms with van der Waals surface area (Å²) in [6.45, 7) is 2.05. The maximum atomic E-state index is 8.58. The molecule has 0 unspecified atom stereocenters. The lowest BCUT2D eigenvalue weighted by Crippen LogP contribution is -1.89. The maximum Gasteiger partial charge on any atom is 0.129 e. The third kappa shape index (κ3) is 2.69. The van der Waals surface area contributed by atoms with Gasteiger partial charge in [-0.3, -0.25) is 0 Å². The van der Waals surface area contributed by atoms with E-state index in [1.807, 2.05) is 24.4 Å². The quantitative estimate of drug-likeness (QED) is 0.842. The summed E-state index contributed by atoms with van der Waals surface area (Å²) in [7, 11) is 1.67. The van der Waals surface area contributed by atoms with Crippen molar-refractivity contribution in [2.45, 2.75) is 19.8 Å². The van der Waals surface area contributed by atoms with Gasteiger partial charge in [-0.15, -0.1) is 11.3 Å². The van der Waals surface area contributed by atoms with Crippen molar-refractivity contribution in [1.82, 2.24) is 4.98 Å². The van der Waals surface area contributed by atoms with Crippen LogP contribution in [-0.4, -0.2) is 12.1 Å². The number of nitrogens with zero attached hydrogens (tertiary/aromatic N) is 2. The molecule has 18 heavy (non-hydrogen) atoms. The molecule has 3 nitrogen and oxygen atoms in total. The van der Waals surface area contributed by atoms with E-state index in [1.165, 1.54) is 5.56 Å². The van der Waals surface area contributed by atoms with E-state index in [-0.39, 0.29) is 0 Å². The Labute approximate surface area is 111 Å². The van der Waals surface area contributed by atoms with Crippen molar-refractivity contribution in [3.63, 3.8) is 0 Å². The standard InChI is InChI=1S/C14H14N2OS/c1-10-5-6-13(17-2)12(8-10)14-16-11(9-18-14)4-3-7-15/h5-6,8-9H,3-4H2,1-2H3. The third-order valence-electron chi connectivity index (χ3n) is 2.63. The zero-order chi connectivity index (χ0) is 13.0. The van der Waals surface area contributed by atoms with E-state index in [0.29, 0.717) is 12.8 Å². The number of hydrogen-bond donors (Lipinski definition) is 0. The number of aromatic nitrogens is 1. The highest BCUT2D eigenvalue weighted by atomic mass is 32.1. The first-order valence-corrected chi connectivity index (χ1v) is 6.59. The fraction of sp³-hybridized carbons (Fsp3) is 0.286. The van der Waals surface area contributed by atoms with Gasteiger partial charge in [0.15, 0.2) is 0 Å². The lowest BCUT2D eigenvalue weighted by molar-refractivity contribution is 0.416. The van der Waals surface area contributed by atoms with E-state index in [1.54, 1.807) is 18.4 Å². The first-order valence-electron chi connectivity index (χ1n) is 5.71. The second-order valence-corrected chi connectivity index (χ2v) is 4.86. The number of aryl methyl sites for hydroxylation is 2. The highest BCUT2D eigenvalue weighted by Crippen LogP contribution is 2.33. The van der Waals surface area contributed by atoms with Gasteiger partial charge in [-0.05, 0) is 19.1 Å². The number of benzene rings is 1. The second kappa shape index (κ2) is 5.65. The average Bonchev–Trinajstić information content (AvgIpc) is 2.85. The SMILES string of the molecule is COc1ccc(C)cc1-c1nc(CCC#N)cs1. The van der Waals surface area contributed by atoms with E-state index in [9.17, 15) is 0 Å². The van der Waals surface area contributed by atoms with Gasteiger partial charge in [0.2, 0.25) is 0 Å². The summed E-state index contributed by atoms with van der Waals surface area (Å²) < 4.78 is 5.36. The number of ether oxygens (including phenoxy) is 1. The van der Waals surface area contributed by atoms with Gasteiger partial charge < -0.3 is 4.74 Å². The molecule has 0 aliphatic heterocycles. The lowest BCUT2D eigenvalue weighted by atomic mass is 10.1. The minimum absolute atomic E-state index is 0.508. The Morgan fingerprint density at radius 2 is 2.28 bits per heavy atom. The fourth-order valence-electron chi connectivity index (χ4n) is 1.72. The molecule has 1 aromatic heterocycles. The molecule has 0 saturated carbocycles. The van der Waals surface area contributed by atoms with Gasteiger partial charge in [0.25, 0.3) is 0 Å². The molecule has 0 fully saturated rings. The molecule has 0 spiro atoms. The highest BCUT2D eigenvalue weighted by molar-refractivity contribution is 7.13. The summed E-state index contributed by atoms with van der Waals surface area (Å²) in [5.41, 5.74) is 3.17. The van der Waals surface area contributed by atoms with Crippen LogP contribution in [0.5, 0.6) is 5.75 Å². The van der Waals surface area contributed by atoms with Gasteiger partial charge in [0, 0.05) is 18.2 Å². The van der Waals surface area contributed by atoms with Crippen LogP contribution in [0.3, 0.4) is 0 Å². The molecule has 0 aliphatic rings. The number of rotatable bonds is 4. The summed E-state index contributed by atoms with van der Waals surface area (Å²) in [4.78, 5) is 4.56. The number of methoxy groups -OCH3 is 1. The molecule has 0 bridgehead atoms. The first kappa shape index (κ1) is 12.6. The van der Waals surface area contributed by atoms with Gasteiger partial charge in [-0.2, -0.15) is 5.26 Å². The van der Waals surface area contributed by atoms with Crippen LogP contribution >= 0.6 is 11.3 Å². The van der Waals surface area contributed by atoms with Crippen molar-refractivity contribution in [2.75, 3.05) is 7.11 Å². The van der Waals surface area contributed by atoms with Crippen LogP contribution in [0.25, 0.3) is 10.6 Å². The van der Waals surface area contributed by atoms with Gasteiger partial charge in [-0.1, -0.05) is 11.6 Å². The number of nitriles is 1. The van der Waals surface area contributed by atoms with Crippen molar-refractivity contribution < 1.29 is 4.74 Å². The number of hydrogen-bond acceptors (Lipinski definition) is 4. The monoisotopic (exact) mass is 258 g/mol. The molecule has 2 rings (SSSR count). The van der Waals surface area contributed by atoms with Gasteiger partial charge in [0.1, 0.15) is 10.8 Å².